The van der Waals surface area contributed by atoms with Crippen molar-refractivity contribution in [2.24, 2.45) is 4.99 Å². The number of rotatable bonds is 4. The zero-order valence-electron chi connectivity index (χ0n) is 14.9. The molecule has 3 N–H and O–H groups in total. The number of amides is 1. The molecule has 2 aromatic heterocycles. The number of guanidine groups is 1. The van der Waals surface area contributed by atoms with Gasteiger partial charge in [-0.15, -0.1) is 24.8 Å². The fourth-order valence-corrected chi connectivity index (χ4v) is 2.73. The van der Waals surface area contributed by atoms with Gasteiger partial charge in [0.1, 0.15) is 17.1 Å². The highest BCUT2D eigenvalue weighted by molar-refractivity contribution is 6.14. The number of H-pyrrole nitrogens is 1. The second-order valence-electron chi connectivity index (χ2n) is 5.79. The van der Waals surface area contributed by atoms with Crippen molar-refractivity contribution in [1.82, 2.24) is 20.6 Å². The number of aromatic nitrogens is 2. The first-order valence-corrected chi connectivity index (χ1v) is 8.13. The summed E-state index contributed by atoms with van der Waals surface area (Å²) in [6, 6.07) is 11.5. The van der Waals surface area contributed by atoms with Crippen LogP contribution in [0, 0.1) is 0 Å². The van der Waals surface area contributed by atoms with E-state index in [0.29, 0.717) is 18.2 Å². The van der Waals surface area contributed by atoms with E-state index in [1.165, 1.54) is 0 Å². The number of nitrogens with zero attached hydrogens (tertiary/aromatic N) is 2. The van der Waals surface area contributed by atoms with E-state index in [2.05, 4.69) is 25.6 Å². The fourth-order valence-electron chi connectivity index (χ4n) is 2.73. The Hall–Kier alpha value is -3.03. The molecule has 0 radical (unpaired) electrons. The van der Waals surface area contributed by atoms with Gasteiger partial charge in [-0.25, -0.2) is 9.98 Å². The van der Waals surface area contributed by atoms with Crippen molar-refractivity contribution in [3.8, 4) is 5.75 Å². The van der Waals surface area contributed by atoms with E-state index < -0.39 is 0 Å². The van der Waals surface area contributed by atoms with Crippen molar-refractivity contribution in [2.45, 2.75) is 6.54 Å². The Bertz CT molecular complexity index is 1030. The summed E-state index contributed by atoms with van der Waals surface area (Å²) in [6.45, 7) is 0.549. The molecule has 146 valence electrons. The number of hydrogen-bond acceptors (Lipinski definition) is 5. The molecule has 1 aromatic carbocycles. The summed E-state index contributed by atoms with van der Waals surface area (Å²) in [6.07, 6.45) is 5.28. The number of aromatic amines is 1. The quantitative estimate of drug-likeness (QED) is 0.566. The minimum absolute atomic E-state index is 0. The number of fused-ring (bicyclic) bond motifs is 1. The van der Waals surface area contributed by atoms with Gasteiger partial charge in [-0.05, 0) is 35.9 Å². The summed E-state index contributed by atoms with van der Waals surface area (Å²) in [5.74, 6) is 1.01. The van der Waals surface area contributed by atoms with Crippen molar-refractivity contribution in [2.75, 3.05) is 7.11 Å². The maximum atomic E-state index is 12.2. The third-order valence-corrected chi connectivity index (χ3v) is 4.09. The Balaban J connectivity index is 0.00000140. The van der Waals surface area contributed by atoms with E-state index in [1.807, 2.05) is 42.6 Å². The van der Waals surface area contributed by atoms with E-state index in [1.54, 1.807) is 19.4 Å². The van der Waals surface area contributed by atoms with E-state index in [9.17, 15) is 4.79 Å². The molecule has 0 aliphatic carbocycles. The van der Waals surface area contributed by atoms with Crippen LogP contribution >= 0.6 is 24.8 Å². The Morgan fingerprint density at radius 3 is 2.71 bits per heavy atom. The van der Waals surface area contributed by atoms with Crippen molar-refractivity contribution in [1.29, 1.82) is 0 Å². The van der Waals surface area contributed by atoms with Gasteiger partial charge in [0.25, 0.3) is 5.91 Å². The lowest BCUT2D eigenvalue weighted by molar-refractivity contribution is -0.115. The van der Waals surface area contributed by atoms with Gasteiger partial charge in [0.15, 0.2) is 0 Å². The van der Waals surface area contributed by atoms with Gasteiger partial charge in [0.05, 0.1) is 7.11 Å². The first-order valence-electron chi connectivity index (χ1n) is 8.13. The molecule has 7 nitrogen and oxygen atoms in total. The van der Waals surface area contributed by atoms with E-state index in [0.717, 1.165) is 27.9 Å². The Morgan fingerprint density at radius 1 is 1.18 bits per heavy atom. The number of halogens is 2. The molecule has 9 heteroatoms. The Morgan fingerprint density at radius 2 is 1.96 bits per heavy atom. The van der Waals surface area contributed by atoms with Gasteiger partial charge in [0, 0.05) is 29.9 Å². The molecule has 0 spiro atoms. The van der Waals surface area contributed by atoms with E-state index in [4.69, 9.17) is 4.74 Å². The van der Waals surface area contributed by atoms with Crippen molar-refractivity contribution in [3.05, 3.63) is 65.6 Å². The maximum absolute atomic E-state index is 12.2. The number of methoxy groups -OCH3 is 1. The molecular weight excluding hydrogens is 401 g/mol. The summed E-state index contributed by atoms with van der Waals surface area (Å²) in [4.78, 5) is 23.8. The van der Waals surface area contributed by atoms with E-state index >= 15 is 0 Å². The second kappa shape index (κ2) is 9.25. The number of pyridine rings is 1. The van der Waals surface area contributed by atoms with Crippen LogP contribution in [0.15, 0.2) is 59.5 Å². The third kappa shape index (κ3) is 4.44. The SMILES string of the molecule is COc1ccc(CNC2=NC(=Cc3c[nH]c4ncccc34)C(=O)N2)cc1.Cl.Cl. The Kier molecular flexibility index (Phi) is 7.03. The molecule has 0 bridgehead atoms. The standard InChI is InChI=1S/C19H17N5O2.2ClH/c1-26-14-6-4-12(5-7-14)10-22-19-23-16(18(25)24-19)9-13-11-21-17-15(13)3-2-8-20-17;;/h2-9,11H,10H2,1H3,(H,20,21)(H2,22,23,24,25);2*1H. The monoisotopic (exact) mass is 419 g/mol. The van der Waals surface area contributed by atoms with Crippen LogP contribution in [-0.4, -0.2) is 28.9 Å². The van der Waals surface area contributed by atoms with Crippen LogP contribution in [0.2, 0.25) is 0 Å². The largest absolute Gasteiger partial charge is 0.497 e. The molecule has 0 fully saturated rings. The van der Waals surface area contributed by atoms with Gasteiger partial charge in [-0.1, -0.05) is 12.1 Å². The molecule has 0 saturated heterocycles. The first-order chi connectivity index (χ1) is 12.7. The summed E-state index contributed by atoms with van der Waals surface area (Å²) in [5.41, 5.74) is 3.06. The summed E-state index contributed by atoms with van der Waals surface area (Å²) in [7, 11) is 1.63. The molecule has 0 saturated carbocycles. The molecule has 28 heavy (non-hydrogen) atoms. The average molecular weight is 420 g/mol. The highest BCUT2D eigenvalue weighted by atomic mass is 35.5. The number of carbonyl (C=O) groups is 1. The van der Waals surface area contributed by atoms with Gasteiger partial charge >= 0.3 is 0 Å². The van der Waals surface area contributed by atoms with Gasteiger partial charge in [-0.2, -0.15) is 0 Å². The number of carbonyl (C=O) groups excluding carboxylic acids is 1. The molecule has 3 heterocycles. The topological polar surface area (TPSA) is 91.4 Å². The predicted octanol–water partition coefficient (Wildman–Crippen LogP) is 3.03. The molecule has 1 aliphatic heterocycles. The molecular formula is C19H19Cl2N5O2. The maximum Gasteiger partial charge on any atom is 0.276 e. The lowest BCUT2D eigenvalue weighted by Gasteiger charge is -2.06. The molecule has 0 unspecified atom stereocenters. The summed E-state index contributed by atoms with van der Waals surface area (Å²) in [5, 5.41) is 6.81. The lowest BCUT2D eigenvalue weighted by atomic mass is 10.2. The minimum atomic E-state index is -0.236. The zero-order valence-corrected chi connectivity index (χ0v) is 16.6. The normalized spacial score (nSPS) is 14.1. The summed E-state index contributed by atoms with van der Waals surface area (Å²) < 4.78 is 5.14. The van der Waals surface area contributed by atoms with Crippen LogP contribution in [0.3, 0.4) is 0 Å². The zero-order chi connectivity index (χ0) is 17.9. The van der Waals surface area contributed by atoms with Crippen LogP contribution in [0.25, 0.3) is 17.1 Å². The van der Waals surface area contributed by atoms with Crippen LogP contribution in [0.5, 0.6) is 5.75 Å². The highest BCUT2D eigenvalue weighted by Gasteiger charge is 2.20. The Labute approximate surface area is 174 Å². The average Bonchev–Trinajstić information content (AvgIpc) is 3.24. The lowest BCUT2D eigenvalue weighted by Crippen LogP contribution is -2.35. The number of aliphatic imine (C=N–C) groups is 1. The van der Waals surface area contributed by atoms with Crippen molar-refractivity contribution in [3.63, 3.8) is 0 Å². The first kappa shape index (κ1) is 21.3. The highest BCUT2D eigenvalue weighted by Crippen LogP contribution is 2.20. The third-order valence-electron chi connectivity index (χ3n) is 4.09. The van der Waals surface area contributed by atoms with Crippen LogP contribution in [0.1, 0.15) is 11.1 Å². The van der Waals surface area contributed by atoms with E-state index in [-0.39, 0.29) is 30.7 Å². The molecule has 4 rings (SSSR count). The smallest absolute Gasteiger partial charge is 0.276 e. The molecule has 0 atom stereocenters. The van der Waals surface area contributed by atoms with Crippen LogP contribution in [-0.2, 0) is 11.3 Å². The van der Waals surface area contributed by atoms with Gasteiger partial charge in [-0.3, -0.25) is 10.1 Å². The number of nitrogens with one attached hydrogen (secondary N) is 3. The summed E-state index contributed by atoms with van der Waals surface area (Å²) >= 11 is 0. The molecule has 3 aromatic rings. The van der Waals surface area contributed by atoms with Gasteiger partial charge < -0.3 is 15.0 Å². The van der Waals surface area contributed by atoms with Crippen molar-refractivity contribution < 1.29 is 9.53 Å². The minimum Gasteiger partial charge on any atom is -0.497 e. The predicted molar refractivity (Wildman–Crippen MR) is 114 cm³/mol. The number of ether oxygens (including phenoxy) is 1. The van der Waals surface area contributed by atoms with Crippen molar-refractivity contribution >= 4 is 53.8 Å². The van der Waals surface area contributed by atoms with Gasteiger partial charge in [0.2, 0.25) is 5.96 Å². The fraction of sp³-hybridized carbons (Fsp3) is 0.105. The van der Waals surface area contributed by atoms with Crippen LogP contribution < -0.4 is 15.4 Å². The number of benzene rings is 1. The number of hydrogen-bond donors (Lipinski definition) is 3. The molecule has 1 amide bonds. The molecule has 1 aliphatic rings. The second-order valence-corrected chi connectivity index (χ2v) is 5.79. The van der Waals surface area contributed by atoms with Crippen LogP contribution in [0.4, 0.5) is 0 Å².